The Morgan fingerprint density at radius 2 is 1.16 bits per heavy atom. The van der Waals surface area contributed by atoms with Crippen molar-refractivity contribution in [2.45, 2.75) is 6.92 Å². The molecule has 1 heteroatoms. The Morgan fingerprint density at radius 3 is 1.95 bits per heavy atom. The van der Waals surface area contributed by atoms with Crippen LogP contribution in [0.5, 0.6) is 0 Å². The molecular formula is C37H25N. The smallest absolute Gasteiger partial charge is 0.0626 e. The Labute approximate surface area is 222 Å². The fourth-order valence-electron chi connectivity index (χ4n) is 6.21. The molecule has 8 rings (SSSR count). The Bertz CT molecular complexity index is 2000. The van der Waals surface area contributed by atoms with E-state index in [1.54, 1.807) is 0 Å². The number of hydrogen-bond acceptors (Lipinski definition) is 0. The van der Waals surface area contributed by atoms with E-state index in [1.165, 1.54) is 77.6 Å². The van der Waals surface area contributed by atoms with Gasteiger partial charge in [-0.3, -0.25) is 0 Å². The van der Waals surface area contributed by atoms with Gasteiger partial charge in [-0.1, -0.05) is 109 Å². The van der Waals surface area contributed by atoms with Crippen molar-refractivity contribution in [3.8, 4) is 50.3 Å². The van der Waals surface area contributed by atoms with Gasteiger partial charge in [0.1, 0.15) is 0 Å². The van der Waals surface area contributed by atoms with Crippen molar-refractivity contribution in [1.29, 1.82) is 0 Å². The number of benzene rings is 6. The number of aryl methyl sites for hydroxylation is 1. The molecule has 1 heterocycles. The van der Waals surface area contributed by atoms with E-state index >= 15 is 0 Å². The highest BCUT2D eigenvalue weighted by Gasteiger charge is 2.29. The molecule has 0 amide bonds. The Morgan fingerprint density at radius 1 is 0.500 bits per heavy atom. The Hall–Kier alpha value is -4.88. The van der Waals surface area contributed by atoms with Gasteiger partial charge in [-0.2, -0.15) is 0 Å². The van der Waals surface area contributed by atoms with Crippen LogP contribution in [0.4, 0.5) is 0 Å². The molecule has 0 N–H and O–H groups in total. The van der Waals surface area contributed by atoms with Gasteiger partial charge in [-0.15, -0.1) is 0 Å². The summed E-state index contributed by atoms with van der Waals surface area (Å²) in [6.07, 6.45) is 0. The van der Waals surface area contributed by atoms with Crippen molar-refractivity contribution < 1.29 is 0 Å². The van der Waals surface area contributed by atoms with Gasteiger partial charge in [0.2, 0.25) is 0 Å². The maximum absolute atomic E-state index is 2.45. The zero-order chi connectivity index (χ0) is 25.2. The molecule has 1 aromatic heterocycles. The van der Waals surface area contributed by atoms with Crippen molar-refractivity contribution in [3.63, 3.8) is 0 Å². The van der Waals surface area contributed by atoms with Crippen LogP contribution in [0.15, 0.2) is 133 Å². The standard InChI is InChI=1S/C37H25N/c1-24-16-18-25(19-17-24)27-10-5-11-28(22-27)29-20-21-34-33(23-29)36-31-14-6-8-26-9-7-15-32(35(26)31)37(36)38(34)30-12-3-2-4-13-30/h2-23H,1H3. The zero-order valence-corrected chi connectivity index (χ0v) is 21.1. The van der Waals surface area contributed by atoms with Crippen LogP contribution in [-0.4, -0.2) is 4.57 Å². The number of aromatic nitrogens is 1. The zero-order valence-electron chi connectivity index (χ0n) is 21.1. The summed E-state index contributed by atoms with van der Waals surface area (Å²) >= 11 is 0. The van der Waals surface area contributed by atoms with Crippen molar-refractivity contribution in [3.05, 3.63) is 139 Å². The Kier molecular flexibility index (Phi) is 4.50. The Balaban J connectivity index is 1.39. The summed E-state index contributed by atoms with van der Waals surface area (Å²) < 4.78 is 2.45. The van der Waals surface area contributed by atoms with E-state index in [0.717, 1.165) is 0 Å². The second-order valence-corrected chi connectivity index (χ2v) is 10.3. The maximum atomic E-state index is 2.45. The molecule has 0 fully saturated rings. The van der Waals surface area contributed by atoms with Gasteiger partial charge < -0.3 is 4.57 Å². The number of rotatable bonds is 3. The van der Waals surface area contributed by atoms with E-state index in [2.05, 4.69) is 145 Å². The minimum Gasteiger partial charge on any atom is -0.309 e. The quantitative estimate of drug-likeness (QED) is 0.236. The number of nitrogens with zero attached hydrogens (tertiary/aromatic N) is 1. The van der Waals surface area contributed by atoms with E-state index in [0.29, 0.717) is 0 Å². The molecule has 0 atom stereocenters. The summed E-state index contributed by atoms with van der Waals surface area (Å²) in [6.45, 7) is 2.13. The third-order valence-electron chi connectivity index (χ3n) is 7.99. The molecule has 38 heavy (non-hydrogen) atoms. The summed E-state index contributed by atoms with van der Waals surface area (Å²) in [5.74, 6) is 0. The average molecular weight is 484 g/mol. The second-order valence-electron chi connectivity index (χ2n) is 10.3. The normalized spacial score (nSPS) is 11.8. The maximum Gasteiger partial charge on any atom is 0.0626 e. The number of para-hydroxylation sites is 1. The molecule has 7 aromatic rings. The highest BCUT2D eigenvalue weighted by Crippen LogP contribution is 2.53. The van der Waals surface area contributed by atoms with E-state index in [-0.39, 0.29) is 0 Å². The molecule has 0 unspecified atom stereocenters. The first kappa shape index (κ1) is 21.2. The van der Waals surface area contributed by atoms with Crippen LogP contribution in [0.2, 0.25) is 0 Å². The molecule has 1 aliphatic rings. The third kappa shape index (κ3) is 3.06. The molecule has 1 nitrogen and oxygen atoms in total. The number of fused-ring (bicyclic) bond motifs is 5. The summed E-state index contributed by atoms with van der Waals surface area (Å²) in [7, 11) is 0. The molecule has 178 valence electrons. The molecule has 0 aliphatic heterocycles. The van der Waals surface area contributed by atoms with Gasteiger partial charge in [0.15, 0.2) is 0 Å². The van der Waals surface area contributed by atoms with Crippen molar-refractivity contribution in [1.82, 2.24) is 4.57 Å². The first-order chi connectivity index (χ1) is 18.8. The lowest BCUT2D eigenvalue weighted by molar-refractivity contribution is 1.14. The SMILES string of the molecule is Cc1ccc(-c2cccc(-c3ccc4c(c3)c3c(n4-c4ccccc4)-c4cccc5cccc-3c45)c2)cc1. The fraction of sp³-hybridized carbons (Fsp3) is 0.0270. The first-order valence-corrected chi connectivity index (χ1v) is 13.2. The van der Waals surface area contributed by atoms with E-state index in [9.17, 15) is 0 Å². The van der Waals surface area contributed by atoms with Crippen molar-refractivity contribution in [2.75, 3.05) is 0 Å². The topological polar surface area (TPSA) is 4.93 Å². The van der Waals surface area contributed by atoms with Gasteiger partial charge in [-0.05, 0) is 75.8 Å². The fourth-order valence-corrected chi connectivity index (χ4v) is 6.21. The molecule has 0 radical (unpaired) electrons. The summed E-state index contributed by atoms with van der Waals surface area (Å²) in [4.78, 5) is 0. The average Bonchev–Trinajstić information content (AvgIpc) is 3.48. The van der Waals surface area contributed by atoms with E-state index in [1.807, 2.05) is 0 Å². The molecular weight excluding hydrogens is 458 g/mol. The lowest BCUT2D eigenvalue weighted by atomic mass is 9.96. The van der Waals surface area contributed by atoms with Crippen molar-refractivity contribution in [2.24, 2.45) is 0 Å². The van der Waals surface area contributed by atoms with Crippen LogP contribution in [0, 0.1) is 6.92 Å². The van der Waals surface area contributed by atoms with Crippen LogP contribution in [-0.2, 0) is 0 Å². The van der Waals surface area contributed by atoms with E-state index in [4.69, 9.17) is 0 Å². The largest absolute Gasteiger partial charge is 0.309 e. The summed E-state index contributed by atoms with van der Waals surface area (Å²) in [6, 6.07) is 48.8. The summed E-state index contributed by atoms with van der Waals surface area (Å²) in [5, 5.41) is 3.95. The predicted molar refractivity (Wildman–Crippen MR) is 161 cm³/mol. The molecule has 0 bridgehead atoms. The van der Waals surface area contributed by atoms with Crippen molar-refractivity contribution >= 4 is 21.7 Å². The molecule has 0 saturated carbocycles. The highest BCUT2D eigenvalue weighted by atomic mass is 15.0. The summed E-state index contributed by atoms with van der Waals surface area (Å²) in [5.41, 5.74) is 14.0. The van der Waals surface area contributed by atoms with Crippen LogP contribution in [0.3, 0.4) is 0 Å². The van der Waals surface area contributed by atoms with Gasteiger partial charge in [0.25, 0.3) is 0 Å². The van der Waals surface area contributed by atoms with Gasteiger partial charge in [0, 0.05) is 22.2 Å². The monoisotopic (exact) mass is 483 g/mol. The van der Waals surface area contributed by atoms with E-state index < -0.39 is 0 Å². The molecule has 6 aromatic carbocycles. The lowest BCUT2D eigenvalue weighted by Gasteiger charge is -2.12. The molecule has 0 spiro atoms. The van der Waals surface area contributed by atoms with Gasteiger partial charge >= 0.3 is 0 Å². The van der Waals surface area contributed by atoms with Gasteiger partial charge in [0.05, 0.1) is 11.2 Å². The lowest BCUT2D eigenvalue weighted by Crippen LogP contribution is -1.96. The van der Waals surface area contributed by atoms with Crippen LogP contribution < -0.4 is 0 Å². The second kappa shape index (κ2) is 8.06. The number of hydrogen-bond donors (Lipinski definition) is 0. The van der Waals surface area contributed by atoms with Crippen LogP contribution in [0.25, 0.3) is 72.0 Å². The van der Waals surface area contributed by atoms with Gasteiger partial charge in [-0.25, -0.2) is 0 Å². The molecule has 0 saturated heterocycles. The first-order valence-electron chi connectivity index (χ1n) is 13.2. The minimum absolute atomic E-state index is 1.19. The molecule has 1 aliphatic carbocycles. The predicted octanol–water partition coefficient (Wildman–Crippen LogP) is 10.1. The van der Waals surface area contributed by atoms with Crippen LogP contribution in [0.1, 0.15) is 5.56 Å². The third-order valence-corrected chi connectivity index (χ3v) is 7.99. The highest BCUT2D eigenvalue weighted by molar-refractivity contribution is 6.22. The van der Waals surface area contributed by atoms with Crippen LogP contribution >= 0.6 is 0 Å². The minimum atomic E-state index is 1.19.